The first-order chi connectivity index (χ1) is 8.97. The maximum Gasteiger partial charge on any atom is 0.308 e. The molecule has 0 bridgehead atoms. The zero-order chi connectivity index (χ0) is 14.0. The summed E-state index contributed by atoms with van der Waals surface area (Å²) in [5, 5.41) is 10.1. The van der Waals surface area contributed by atoms with Crippen molar-refractivity contribution in [2.45, 2.75) is 19.4 Å². The summed E-state index contributed by atoms with van der Waals surface area (Å²) in [5.41, 5.74) is 0.730. The van der Waals surface area contributed by atoms with E-state index in [1.807, 2.05) is 0 Å². The minimum atomic E-state index is -0.866. The molecular weight excluding hydrogens is 289 g/mol. The fourth-order valence-corrected chi connectivity index (χ4v) is 2.51. The molecule has 19 heavy (non-hydrogen) atoms. The Kier molecular flexibility index (Phi) is 4.32. The third-order valence-electron chi connectivity index (χ3n) is 3.22. The SMILES string of the molecule is O=C(O)C1CCC(=O)N(Cc2cc(Cl)ccc2Cl)C1. The zero-order valence-corrected chi connectivity index (χ0v) is 11.6. The fourth-order valence-electron chi connectivity index (χ4n) is 2.14. The third kappa shape index (κ3) is 3.39. The quantitative estimate of drug-likeness (QED) is 0.934. The van der Waals surface area contributed by atoms with Crippen molar-refractivity contribution in [1.82, 2.24) is 4.90 Å². The van der Waals surface area contributed by atoms with Gasteiger partial charge in [-0.05, 0) is 30.2 Å². The summed E-state index contributed by atoms with van der Waals surface area (Å²) in [6.45, 7) is 0.513. The summed E-state index contributed by atoms with van der Waals surface area (Å²) in [6.07, 6.45) is 0.656. The predicted octanol–water partition coefficient (Wildman–Crippen LogP) is 2.82. The van der Waals surface area contributed by atoms with E-state index < -0.39 is 11.9 Å². The lowest BCUT2D eigenvalue weighted by molar-refractivity contribution is -0.147. The molecular formula is C13H13Cl2NO3. The molecule has 2 rings (SSSR count). The largest absolute Gasteiger partial charge is 0.481 e. The number of halogens is 2. The van der Waals surface area contributed by atoms with Gasteiger partial charge in [0.25, 0.3) is 0 Å². The molecule has 0 aliphatic carbocycles. The van der Waals surface area contributed by atoms with Gasteiger partial charge in [0.15, 0.2) is 0 Å². The number of rotatable bonds is 3. The molecule has 1 unspecified atom stereocenters. The highest BCUT2D eigenvalue weighted by molar-refractivity contribution is 6.33. The van der Waals surface area contributed by atoms with Gasteiger partial charge in [0, 0.05) is 29.6 Å². The van der Waals surface area contributed by atoms with Crippen molar-refractivity contribution in [1.29, 1.82) is 0 Å². The van der Waals surface area contributed by atoms with Crippen LogP contribution in [0, 0.1) is 5.92 Å². The Labute approximate surface area is 120 Å². The molecule has 102 valence electrons. The highest BCUT2D eigenvalue weighted by atomic mass is 35.5. The van der Waals surface area contributed by atoms with Crippen LogP contribution >= 0.6 is 23.2 Å². The van der Waals surface area contributed by atoms with Crippen LogP contribution in [0.15, 0.2) is 18.2 Å². The molecule has 1 N–H and O–H groups in total. The fraction of sp³-hybridized carbons (Fsp3) is 0.385. The minimum Gasteiger partial charge on any atom is -0.481 e. The molecule has 1 aromatic rings. The molecule has 1 aliphatic heterocycles. The van der Waals surface area contributed by atoms with Crippen LogP contribution in [0.3, 0.4) is 0 Å². The van der Waals surface area contributed by atoms with Crippen LogP contribution in [0.1, 0.15) is 18.4 Å². The summed E-state index contributed by atoms with van der Waals surface area (Å²) in [4.78, 5) is 24.3. The van der Waals surface area contributed by atoms with Crippen LogP contribution in [-0.4, -0.2) is 28.4 Å². The van der Waals surface area contributed by atoms with E-state index in [-0.39, 0.29) is 18.9 Å². The van der Waals surface area contributed by atoms with Crippen LogP contribution in [-0.2, 0) is 16.1 Å². The first-order valence-electron chi connectivity index (χ1n) is 5.92. The number of carboxylic acids is 1. The average molecular weight is 302 g/mol. The van der Waals surface area contributed by atoms with Crippen molar-refractivity contribution in [2.24, 2.45) is 5.92 Å². The van der Waals surface area contributed by atoms with E-state index in [0.717, 1.165) is 5.56 Å². The van der Waals surface area contributed by atoms with Gasteiger partial charge >= 0.3 is 5.97 Å². The van der Waals surface area contributed by atoms with Gasteiger partial charge in [0.05, 0.1) is 5.92 Å². The number of amides is 1. The lowest BCUT2D eigenvalue weighted by atomic mass is 9.97. The van der Waals surface area contributed by atoms with E-state index in [9.17, 15) is 9.59 Å². The smallest absolute Gasteiger partial charge is 0.308 e. The third-order valence-corrected chi connectivity index (χ3v) is 3.82. The predicted molar refractivity (Wildman–Crippen MR) is 72.2 cm³/mol. The van der Waals surface area contributed by atoms with Crippen LogP contribution in [0.2, 0.25) is 10.0 Å². The maximum atomic E-state index is 11.8. The zero-order valence-electron chi connectivity index (χ0n) is 10.1. The van der Waals surface area contributed by atoms with Gasteiger partial charge in [-0.2, -0.15) is 0 Å². The molecule has 0 saturated carbocycles. The number of piperidine rings is 1. The van der Waals surface area contributed by atoms with Crippen molar-refractivity contribution in [2.75, 3.05) is 6.54 Å². The Morgan fingerprint density at radius 3 is 2.84 bits per heavy atom. The molecule has 6 heteroatoms. The maximum absolute atomic E-state index is 11.8. The van der Waals surface area contributed by atoms with E-state index in [4.69, 9.17) is 28.3 Å². The number of hydrogen-bond acceptors (Lipinski definition) is 2. The summed E-state index contributed by atoms with van der Waals surface area (Å²) in [7, 11) is 0. The molecule has 1 aliphatic rings. The standard InChI is InChI=1S/C13H13Cl2NO3/c14-10-2-3-11(15)9(5-10)7-16-6-8(13(18)19)1-4-12(16)17/h2-3,5,8H,1,4,6-7H2,(H,18,19). The van der Waals surface area contributed by atoms with Gasteiger partial charge in [-0.15, -0.1) is 0 Å². The van der Waals surface area contributed by atoms with Crippen molar-refractivity contribution in [3.05, 3.63) is 33.8 Å². The highest BCUT2D eigenvalue weighted by Crippen LogP contribution is 2.25. The summed E-state index contributed by atoms with van der Waals surface area (Å²) < 4.78 is 0. The molecule has 4 nitrogen and oxygen atoms in total. The van der Waals surface area contributed by atoms with Crippen molar-refractivity contribution in [3.8, 4) is 0 Å². The Morgan fingerprint density at radius 2 is 2.16 bits per heavy atom. The molecule has 1 amide bonds. The van der Waals surface area contributed by atoms with Crippen LogP contribution in [0.25, 0.3) is 0 Å². The van der Waals surface area contributed by atoms with Crippen LogP contribution < -0.4 is 0 Å². The van der Waals surface area contributed by atoms with Gasteiger partial charge in [-0.25, -0.2) is 0 Å². The van der Waals surface area contributed by atoms with Crippen molar-refractivity contribution >= 4 is 35.1 Å². The summed E-state index contributed by atoms with van der Waals surface area (Å²) in [5.74, 6) is -1.42. The number of likely N-dealkylation sites (tertiary alicyclic amines) is 1. The molecule has 0 spiro atoms. The monoisotopic (exact) mass is 301 g/mol. The van der Waals surface area contributed by atoms with E-state index in [1.165, 1.54) is 4.90 Å². The number of carbonyl (C=O) groups excluding carboxylic acids is 1. The normalized spacial score (nSPS) is 19.6. The van der Waals surface area contributed by atoms with Crippen molar-refractivity contribution in [3.63, 3.8) is 0 Å². The number of benzene rings is 1. The van der Waals surface area contributed by atoms with E-state index in [0.29, 0.717) is 23.0 Å². The lowest BCUT2D eigenvalue weighted by Crippen LogP contribution is -2.42. The molecule has 1 atom stereocenters. The molecule has 1 saturated heterocycles. The topological polar surface area (TPSA) is 57.6 Å². The Bertz CT molecular complexity index is 519. The van der Waals surface area contributed by atoms with Gasteiger partial charge < -0.3 is 10.0 Å². The van der Waals surface area contributed by atoms with E-state index in [1.54, 1.807) is 18.2 Å². The molecule has 1 fully saturated rings. The first-order valence-corrected chi connectivity index (χ1v) is 6.67. The number of carboxylic acid groups (broad SMARTS) is 1. The number of nitrogens with zero attached hydrogens (tertiary/aromatic N) is 1. The molecule has 1 aromatic carbocycles. The lowest BCUT2D eigenvalue weighted by Gasteiger charge is -2.31. The number of aliphatic carboxylic acids is 1. The second-order valence-corrected chi connectivity index (χ2v) is 5.43. The second kappa shape index (κ2) is 5.80. The Morgan fingerprint density at radius 1 is 1.42 bits per heavy atom. The minimum absolute atomic E-state index is 0.0476. The Hall–Kier alpha value is -1.26. The summed E-state index contributed by atoms with van der Waals surface area (Å²) in [6, 6.07) is 5.04. The van der Waals surface area contributed by atoms with Gasteiger partial charge in [0.2, 0.25) is 5.91 Å². The second-order valence-electron chi connectivity index (χ2n) is 4.58. The van der Waals surface area contributed by atoms with Gasteiger partial charge in [-0.3, -0.25) is 9.59 Å². The van der Waals surface area contributed by atoms with Crippen molar-refractivity contribution < 1.29 is 14.7 Å². The van der Waals surface area contributed by atoms with Gasteiger partial charge in [0.1, 0.15) is 0 Å². The molecule has 1 heterocycles. The highest BCUT2D eigenvalue weighted by Gasteiger charge is 2.30. The van der Waals surface area contributed by atoms with E-state index in [2.05, 4.69) is 0 Å². The van der Waals surface area contributed by atoms with E-state index >= 15 is 0 Å². The van der Waals surface area contributed by atoms with Gasteiger partial charge in [-0.1, -0.05) is 23.2 Å². The number of hydrogen-bond donors (Lipinski definition) is 1. The summed E-state index contributed by atoms with van der Waals surface area (Å²) >= 11 is 11.9. The average Bonchev–Trinajstić information content (AvgIpc) is 2.36. The Balaban J connectivity index is 2.14. The van der Waals surface area contributed by atoms with Crippen LogP contribution in [0.5, 0.6) is 0 Å². The van der Waals surface area contributed by atoms with Crippen LogP contribution in [0.4, 0.5) is 0 Å². The first kappa shape index (κ1) is 14.2. The molecule has 0 aromatic heterocycles. The molecule has 0 radical (unpaired) electrons. The number of carbonyl (C=O) groups is 2.